The molecule has 0 unspecified atom stereocenters. The van der Waals surface area contributed by atoms with Crippen LogP contribution in [0, 0.1) is 0 Å². The first-order chi connectivity index (χ1) is 21.6. The Balaban J connectivity index is 1.13. The summed E-state index contributed by atoms with van der Waals surface area (Å²) >= 11 is 1.32. The van der Waals surface area contributed by atoms with Crippen molar-refractivity contribution in [2.45, 2.75) is 23.9 Å². The van der Waals surface area contributed by atoms with Gasteiger partial charge in [-0.2, -0.15) is 5.10 Å². The van der Waals surface area contributed by atoms with Crippen molar-refractivity contribution in [1.82, 2.24) is 20.2 Å². The molecule has 0 aliphatic heterocycles. The molecule has 218 valence electrons. The van der Waals surface area contributed by atoms with Gasteiger partial charge in [0.1, 0.15) is 11.5 Å². The van der Waals surface area contributed by atoms with E-state index in [4.69, 9.17) is 4.74 Å². The van der Waals surface area contributed by atoms with Crippen LogP contribution >= 0.6 is 11.8 Å². The van der Waals surface area contributed by atoms with Gasteiger partial charge in [0.05, 0.1) is 18.0 Å². The van der Waals surface area contributed by atoms with Crippen LogP contribution in [0.15, 0.2) is 138 Å². The summed E-state index contributed by atoms with van der Waals surface area (Å²) in [5.74, 6) is 1.91. The van der Waals surface area contributed by atoms with E-state index in [-0.39, 0.29) is 5.91 Å². The van der Waals surface area contributed by atoms with Crippen molar-refractivity contribution in [2.24, 2.45) is 5.10 Å². The topological polar surface area (TPSA) is 93.4 Å². The number of thioether (sulfide) groups is 1. The Kier molecular flexibility index (Phi) is 8.94. The molecule has 0 bridgehead atoms. The van der Waals surface area contributed by atoms with E-state index < -0.39 is 5.25 Å². The molecule has 0 aliphatic rings. The predicted octanol–water partition coefficient (Wildman–Crippen LogP) is 7.46. The molecule has 0 saturated carbocycles. The molecule has 1 amide bonds. The van der Waals surface area contributed by atoms with Crippen molar-refractivity contribution < 1.29 is 9.53 Å². The average Bonchev–Trinajstić information content (AvgIpc) is 3.46. The van der Waals surface area contributed by atoms with Crippen LogP contribution in [0.1, 0.15) is 18.3 Å². The lowest BCUT2D eigenvalue weighted by Gasteiger charge is -2.14. The monoisotopic (exact) mass is 598 g/mol. The van der Waals surface area contributed by atoms with E-state index in [1.165, 1.54) is 11.8 Å². The van der Waals surface area contributed by atoms with Crippen LogP contribution in [0.5, 0.6) is 11.5 Å². The van der Waals surface area contributed by atoms with Crippen molar-refractivity contribution in [1.29, 1.82) is 0 Å². The van der Waals surface area contributed by atoms with Gasteiger partial charge in [-0.3, -0.25) is 9.36 Å². The van der Waals surface area contributed by atoms with Crippen LogP contribution < -0.4 is 15.5 Å². The number of carbonyl (C=O) groups is 1. The van der Waals surface area contributed by atoms with E-state index in [1.807, 2.05) is 115 Å². The van der Waals surface area contributed by atoms with E-state index in [0.29, 0.717) is 17.5 Å². The molecular weight excluding hydrogens is 568 g/mol. The molecule has 0 saturated heterocycles. The van der Waals surface area contributed by atoms with Gasteiger partial charge in [0, 0.05) is 16.8 Å². The summed E-state index contributed by atoms with van der Waals surface area (Å²) in [4.78, 5) is 13.0. The highest BCUT2D eigenvalue weighted by Gasteiger charge is 2.21. The zero-order valence-electron chi connectivity index (χ0n) is 24.0. The highest BCUT2D eigenvalue weighted by molar-refractivity contribution is 8.00. The maximum absolute atomic E-state index is 13.0. The lowest BCUT2D eigenvalue weighted by molar-refractivity contribution is -0.120. The van der Waals surface area contributed by atoms with Crippen molar-refractivity contribution in [3.05, 3.63) is 139 Å². The summed E-state index contributed by atoms with van der Waals surface area (Å²) in [7, 11) is 0. The average molecular weight is 599 g/mol. The molecular formula is C35H30N6O2S. The third-order valence-corrected chi connectivity index (χ3v) is 7.86. The number of rotatable bonds is 11. The number of carbonyl (C=O) groups excluding carboxylic acids is 1. The molecule has 1 atom stereocenters. The van der Waals surface area contributed by atoms with Crippen molar-refractivity contribution >= 4 is 40.3 Å². The van der Waals surface area contributed by atoms with Gasteiger partial charge >= 0.3 is 0 Å². The fourth-order valence-electron chi connectivity index (χ4n) is 4.64. The molecule has 0 radical (unpaired) electrons. The summed E-state index contributed by atoms with van der Waals surface area (Å²) < 4.78 is 7.87. The van der Waals surface area contributed by atoms with E-state index >= 15 is 0 Å². The summed E-state index contributed by atoms with van der Waals surface area (Å²) in [5.41, 5.74) is 5.38. The van der Waals surface area contributed by atoms with Crippen LogP contribution in [0.4, 0.5) is 5.69 Å². The highest BCUT2D eigenvalue weighted by atomic mass is 32.2. The predicted molar refractivity (Wildman–Crippen MR) is 177 cm³/mol. The molecule has 44 heavy (non-hydrogen) atoms. The summed E-state index contributed by atoms with van der Waals surface area (Å²) in [6.07, 6.45) is 1.59. The molecule has 1 heterocycles. The molecule has 6 rings (SSSR count). The zero-order chi connectivity index (χ0) is 30.1. The Labute approximate surface area is 259 Å². The quantitative estimate of drug-likeness (QED) is 0.0914. The van der Waals surface area contributed by atoms with Gasteiger partial charge in [-0.05, 0) is 60.3 Å². The Hall–Kier alpha value is -5.41. The largest absolute Gasteiger partial charge is 0.457 e. The Morgan fingerprint density at radius 1 is 0.864 bits per heavy atom. The molecule has 0 spiro atoms. The number of nitrogens with one attached hydrogen (secondary N) is 2. The van der Waals surface area contributed by atoms with Gasteiger partial charge in [0.15, 0.2) is 11.0 Å². The number of amides is 1. The Morgan fingerprint density at radius 3 is 2.41 bits per heavy atom. The fourth-order valence-corrected chi connectivity index (χ4v) is 5.52. The molecule has 6 aromatic rings. The maximum atomic E-state index is 13.0. The number of hydrazone groups is 1. The minimum Gasteiger partial charge on any atom is -0.457 e. The Bertz CT molecular complexity index is 1890. The Morgan fingerprint density at radius 2 is 1.57 bits per heavy atom. The van der Waals surface area contributed by atoms with E-state index in [9.17, 15) is 4.79 Å². The van der Waals surface area contributed by atoms with Crippen LogP contribution in [0.25, 0.3) is 16.5 Å². The molecule has 5 aromatic carbocycles. The summed E-state index contributed by atoms with van der Waals surface area (Å²) in [6, 6.07) is 41.4. The van der Waals surface area contributed by atoms with Gasteiger partial charge in [0.25, 0.3) is 5.91 Å². The first-order valence-electron chi connectivity index (χ1n) is 14.2. The number of hydrogen-bond acceptors (Lipinski definition) is 7. The molecule has 1 aromatic heterocycles. The standard InChI is InChI=1S/C35H30N6O2S/c1-25(34(42)39-37-23-26-12-10-19-30(22-26)43-29-17-6-3-7-18-29)44-35-40-38-33(41(35)28-15-4-2-5-16-28)24-36-32-21-11-14-27-13-8-9-20-31(27)32/h2-23,25,36H,24H2,1H3,(H,39,42)/b37-23-/t25-/m1/s1. The van der Waals surface area contributed by atoms with Crippen LogP contribution in [0.3, 0.4) is 0 Å². The van der Waals surface area contributed by atoms with Gasteiger partial charge in [-0.15, -0.1) is 10.2 Å². The van der Waals surface area contributed by atoms with Gasteiger partial charge in [-0.1, -0.05) is 96.7 Å². The minimum absolute atomic E-state index is 0.249. The lowest BCUT2D eigenvalue weighted by atomic mass is 10.1. The second-order valence-corrected chi connectivity index (χ2v) is 11.2. The second-order valence-electron chi connectivity index (χ2n) is 9.93. The number of benzene rings is 5. The highest BCUT2D eigenvalue weighted by Crippen LogP contribution is 2.28. The first-order valence-corrected chi connectivity index (χ1v) is 15.1. The second kappa shape index (κ2) is 13.7. The number of fused-ring (bicyclic) bond motifs is 1. The summed E-state index contributed by atoms with van der Waals surface area (Å²) in [6.45, 7) is 2.27. The number of anilines is 1. The number of ether oxygens (including phenoxy) is 1. The minimum atomic E-state index is -0.481. The van der Waals surface area contributed by atoms with E-state index in [2.05, 4.69) is 50.3 Å². The lowest BCUT2D eigenvalue weighted by Crippen LogP contribution is -2.27. The fraction of sp³-hybridized carbons (Fsp3) is 0.0857. The van der Waals surface area contributed by atoms with Gasteiger partial charge < -0.3 is 10.1 Å². The van der Waals surface area contributed by atoms with Crippen LogP contribution in [-0.4, -0.2) is 32.1 Å². The van der Waals surface area contributed by atoms with Crippen LogP contribution in [0.2, 0.25) is 0 Å². The van der Waals surface area contributed by atoms with E-state index in [0.717, 1.165) is 39.3 Å². The smallest absolute Gasteiger partial charge is 0.253 e. The number of nitrogens with zero attached hydrogens (tertiary/aromatic N) is 4. The van der Waals surface area contributed by atoms with Crippen molar-refractivity contribution in [3.8, 4) is 17.2 Å². The molecule has 8 nitrogen and oxygen atoms in total. The van der Waals surface area contributed by atoms with Crippen molar-refractivity contribution in [3.63, 3.8) is 0 Å². The SMILES string of the molecule is C[C@@H](Sc1nnc(CNc2cccc3ccccc23)n1-c1ccccc1)C(=O)N/N=C\c1cccc(Oc2ccccc2)c1. The molecule has 0 fully saturated rings. The van der Waals surface area contributed by atoms with Gasteiger partial charge in [-0.25, -0.2) is 5.43 Å². The third-order valence-electron chi connectivity index (χ3n) is 6.82. The number of para-hydroxylation sites is 2. The number of aromatic nitrogens is 3. The normalized spacial score (nSPS) is 11.8. The number of hydrogen-bond donors (Lipinski definition) is 2. The van der Waals surface area contributed by atoms with E-state index in [1.54, 1.807) is 6.21 Å². The first kappa shape index (κ1) is 28.7. The summed E-state index contributed by atoms with van der Waals surface area (Å²) in [5, 5.41) is 19.1. The zero-order valence-corrected chi connectivity index (χ0v) is 24.8. The molecule has 2 N–H and O–H groups in total. The third kappa shape index (κ3) is 6.96. The maximum Gasteiger partial charge on any atom is 0.253 e. The van der Waals surface area contributed by atoms with Crippen LogP contribution in [-0.2, 0) is 11.3 Å². The molecule has 9 heteroatoms. The van der Waals surface area contributed by atoms with Gasteiger partial charge in [0.2, 0.25) is 0 Å². The molecule has 0 aliphatic carbocycles. The van der Waals surface area contributed by atoms with Crippen molar-refractivity contribution in [2.75, 3.05) is 5.32 Å².